The maximum atomic E-state index is 12.9. The zero-order valence-corrected chi connectivity index (χ0v) is 19.7. The SMILES string of the molecule is CCn1c(SCC(=O)Nc2cc(C(F)(F)F)ccc2Cl)nnc1C(C)Oc1ccccc1C. The van der Waals surface area contributed by atoms with Gasteiger partial charge in [-0.3, -0.25) is 4.79 Å². The van der Waals surface area contributed by atoms with Crippen molar-refractivity contribution in [3.05, 3.63) is 64.4 Å². The number of ether oxygens (including phenoxy) is 1. The van der Waals surface area contributed by atoms with E-state index in [-0.39, 0.29) is 22.6 Å². The third kappa shape index (κ3) is 6.20. The zero-order valence-electron chi connectivity index (χ0n) is 18.1. The quantitative estimate of drug-likeness (QED) is 0.377. The summed E-state index contributed by atoms with van der Waals surface area (Å²) in [7, 11) is 0. The summed E-state index contributed by atoms with van der Waals surface area (Å²) < 4.78 is 46.6. The van der Waals surface area contributed by atoms with E-state index in [1.54, 1.807) is 0 Å². The second-order valence-electron chi connectivity index (χ2n) is 7.14. The average Bonchev–Trinajstić information content (AvgIpc) is 3.17. The van der Waals surface area contributed by atoms with Crippen molar-refractivity contribution in [2.45, 2.75) is 44.8 Å². The molecule has 0 bridgehead atoms. The molecule has 0 saturated carbocycles. The molecule has 0 aliphatic rings. The van der Waals surface area contributed by atoms with Crippen molar-refractivity contribution < 1.29 is 22.7 Å². The van der Waals surface area contributed by atoms with Crippen LogP contribution >= 0.6 is 23.4 Å². The van der Waals surface area contributed by atoms with Gasteiger partial charge in [-0.25, -0.2) is 0 Å². The smallest absolute Gasteiger partial charge is 0.416 e. The summed E-state index contributed by atoms with van der Waals surface area (Å²) in [4.78, 5) is 12.4. The number of halogens is 4. The lowest BCUT2D eigenvalue weighted by atomic mass is 10.2. The molecule has 1 atom stereocenters. The van der Waals surface area contributed by atoms with Crippen LogP contribution in [0.3, 0.4) is 0 Å². The first-order chi connectivity index (χ1) is 15.6. The fraction of sp³-hybridized carbons (Fsp3) is 0.318. The molecule has 6 nitrogen and oxygen atoms in total. The van der Waals surface area contributed by atoms with Crippen LogP contribution in [0.25, 0.3) is 0 Å². The molecule has 3 aromatic rings. The van der Waals surface area contributed by atoms with Gasteiger partial charge in [0.15, 0.2) is 17.1 Å². The Balaban J connectivity index is 1.67. The fourth-order valence-corrected chi connectivity index (χ4v) is 4.02. The van der Waals surface area contributed by atoms with Crippen molar-refractivity contribution in [2.24, 2.45) is 0 Å². The fourth-order valence-electron chi connectivity index (χ4n) is 3.05. The van der Waals surface area contributed by atoms with E-state index in [1.165, 1.54) is 0 Å². The Bertz CT molecular complexity index is 1140. The highest BCUT2D eigenvalue weighted by atomic mass is 35.5. The molecule has 0 aliphatic heterocycles. The van der Waals surface area contributed by atoms with Crippen LogP contribution in [0.5, 0.6) is 5.75 Å². The molecule has 3 rings (SSSR count). The summed E-state index contributed by atoms with van der Waals surface area (Å²) in [6, 6.07) is 10.4. The summed E-state index contributed by atoms with van der Waals surface area (Å²) in [5, 5.41) is 11.3. The standard InChI is InChI=1S/C22H22ClF3N4O2S/c1-4-30-20(14(3)32-18-8-6-5-7-13(18)2)28-29-21(30)33-12-19(31)27-17-11-15(22(24,25)26)9-10-16(17)23/h5-11,14H,4,12H2,1-3H3,(H,27,31). The van der Waals surface area contributed by atoms with E-state index < -0.39 is 17.6 Å². The van der Waals surface area contributed by atoms with E-state index in [9.17, 15) is 18.0 Å². The van der Waals surface area contributed by atoms with E-state index in [1.807, 2.05) is 49.6 Å². The zero-order chi connectivity index (χ0) is 24.2. The van der Waals surface area contributed by atoms with E-state index in [2.05, 4.69) is 15.5 Å². The van der Waals surface area contributed by atoms with E-state index in [4.69, 9.17) is 16.3 Å². The molecule has 1 amide bonds. The van der Waals surface area contributed by atoms with Crippen molar-refractivity contribution in [1.82, 2.24) is 14.8 Å². The number of aryl methyl sites for hydroxylation is 1. The molecule has 0 radical (unpaired) electrons. The van der Waals surface area contributed by atoms with Crippen LogP contribution < -0.4 is 10.1 Å². The van der Waals surface area contributed by atoms with Crippen molar-refractivity contribution in [3.63, 3.8) is 0 Å². The molecule has 1 unspecified atom stereocenters. The van der Waals surface area contributed by atoms with Crippen LogP contribution in [-0.2, 0) is 17.5 Å². The minimum Gasteiger partial charge on any atom is -0.482 e. The number of nitrogens with zero attached hydrogens (tertiary/aromatic N) is 3. The Morgan fingerprint density at radius 3 is 2.64 bits per heavy atom. The summed E-state index contributed by atoms with van der Waals surface area (Å²) in [5.41, 5.74) is -0.00529. The van der Waals surface area contributed by atoms with Crippen LogP contribution in [0.2, 0.25) is 5.02 Å². The number of anilines is 1. The third-order valence-electron chi connectivity index (χ3n) is 4.72. The first-order valence-corrected chi connectivity index (χ1v) is 11.4. The van der Waals surface area contributed by atoms with Gasteiger partial charge in [-0.2, -0.15) is 13.2 Å². The molecule has 2 aromatic carbocycles. The van der Waals surface area contributed by atoms with Gasteiger partial charge in [-0.05, 0) is 50.6 Å². The van der Waals surface area contributed by atoms with Crippen molar-refractivity contribution in [3.8, 4) is 5.75 Å². The normalized spacial score (nSPS) is 12.5. The van der Waals surface area contributed by atoms with Gasteiger partial charge in [0.2, 0.25) is 5.91 Å². The molecular weight excluding hydrogens is 477 g/mol. The molecule has 0 saturated heterocycles. The molecule has 11 heteroatoms. The van der Waals surface area contributed by atoms with Gasteiger partial charge >= 0.3 is 6.18 Å². The lowest BCUT2D eigenvalue weighted by Gasteiger charge is -2.17. The molecule has 33 heavy (non-hydrogen) atoms. The number of carbonyl (C=O) groups is 1. The largest absolute Gasteiger partial charge is 0.482 e. The first kappa shape index (κ1) is 24.9. The lowest BCUT2D eigenvalue weighted by molar-refractivity contribution is -0.137. The van der Waals surface area contributed by atoms with Crippen LogP contribution in [-0.4, -0.2) is 26.4 Å². The Morgan fingerprint density at radius 1 is 1.24 bits per heavy atom. The number of thioether (sulfide) groups is 1. The molecule has 1 heterocycles. The van der Waals surface area contributed by atoms with Crippen molar-refractivity contribution in [2.75, 3.05) is 11.1 Å². The highest BCUT2D eigenvalue weighted by Gasteiger charge is 2.31. The highest BCUT2D eigenvalue weighted by Crippen LogP contribution is 2.34. The Kier molecular flexibility index (Phi) is 7.91. The predicted molar refractivity (Wildman–Crippen MR) is 122 cm³/mol. The number of nitrogens with one attached hydrogen (secondary N) is 1. The van der Waals surface area contributed by atoms with E-state index in [0.717, 1.165) is 41.3 Å². The van der Waals surface area contributed by atoms with Gasteiger partial charge in [0.05, 0.1) is 22.0 Å². The number of amides is 1. The molecule has 176 valence electrons. The van der Waals surface area contributed by atoms with Gasteiger partial charge < -0.3 is 14.6 Å². The number of rotatable bonds is 8. The van der Waals surface area contributed by atoms with Crippen molar-refractivity contribution >= 4 is 35.0 Å². The van der Waals surface area contributed by atoms with Gasteiger partial charge in [0, 0.05) is 6.54 Å². The van der Waals surface area contributed by atoms with Gasteiger partial charge in [0.25, 0.3) is 0 Å². The van der Waals surface area contributed by atoms with Crippen LogP contribution in [0.4, 0.5) is 18.9 Å². The molecule has 0 aliphatic carbocycles. The average molecular weight is 499 g/mol. The number of aromatic nitrogens is 3. The molecular formula is C22H22ClF3N4O2S. The van der Waals surface area contributed by atoms with Crippen molar-refractivity contribution in [1.29, 1.82) is 0 Å². The third-order valence-corrected chi connectivity index (χ3v) is 6.02. The lowest BCUT2D eigenvalue weighted by Crippen LogP contribution is -2.16. The van der Waals surface area contributed by atoms with Gasteiger partial charge in [0.1, 0.15) is 5.75 Å². The highest BCUT2D eigenvalue weighted by molar-refractivity contribution is 7.99. The molecule has 1 aromatic heterocycles. The van der Waals surface area contributed by atoms with E-state index in [0.29, 0.717) is 17.5 Å². The summed E-state index contributed by atoms with van der Waals surface area (Å²) in [5.74, 6) is 0.738. The number of para-hydroxylation sites is 1. The molecule has 1 N–H and O–H groups in total. The van der Waals surface area contributed by atoms with Gasteiger partial charge in [-0.1, -0.05) is 41.6 Å². The molecule has 0 fully saturated rings. The minimum atomic E-state index is -4.54. The number of hydrogen-bond donors (Lipinski definition) is 1. The van der Waals surface area contributed by atoms with Gasteiger partial charge in [-0.15, -0.1) is 10.2 Å². The Labute approximate surface area is 198 Å². The Morgan fingerprint density at radius 2 is 1.97 bits per heavy atom. The Hall–Kier alpha value is -2.72. The summed E-state index contributed by atoms with van der Waals surface area (Å²) in [6.07, 6.45) is -4.92. The maximum Gasteiger partial charge on any atom is 0.416 e. The summed E-state index contributed by atoms with van der Waals surface area (Å²) >= 11 is 7.06. The molecule has 0 spiro atoms. The first-order valence-electron chi connectivity index (χ1n) is 10.0. The van der Waals surface area contributed by atoms with Crippen LogP contribution in [0, 0.1) is 6.92 Å². The minimum absolute atomic E-state index is 0.0162. The predicted octanol–water partition coefficient (Wildman–Crippen LogP) is 6.15. The van der Waals surface area contributed by atoms with E-state index >= 15 is 0 Å². The number of benzene rings is 2. The monoisotopic (exact) mass is 498 g/mol. The topological polar surface area (TPSA) is 69.0 Å². The van der Waals surface area contributed by atoms with Crippen LogP contribution in [0.1, 0.15) is 36.9 Å². The van der Waals surface area contributed by atoms with Crippen LogP contribution in [0.15, 0.2) is 47.6 Å². The summed E-state index contributed by atoms with van der Waals surface area (Å²) in [6.45, 7) is 6.27. The number of hydrogen-bond acceptors (Lipinski definition) is 5. The number of carbonyl (C=O) groups excluding carboxylic acids is 1. The number of alkyl halides is 3. The maximum absolute atomic E-state index is 12.9. The second kappa shape index (κ2) is 10.5. The second-order valence-corrected chi connectivity index (χ2v) is 8.49.